The van der Waals surface area contributed by atoms with Crippen molar-refractivity contribution in [3.8, 4) is 0 Å². The number of rotatable bonds is 2. The zero-order chi connectivity index (χ0) is 10.9. The van der Waals surface area contributed by atoms with Crippen LogP contribution in [0.4, 0.5) is 0 Å². The first kappa shape index (κ1) is 2.86. The molecular weight excluding hydrogens is 126 g/mol. The van der Waals surface area contributed by atoms with E-state index in [0.717, 1.165) is 7.05 Å². The number of quaternary nitrogens is 1. The third-order valence-corrected chi connectivity index (χ3v) is 0.547. The molecule has 0 bridgehead atoms. The van der Waals surface area contributed by atoms with E-state index < -0.39 is 25.0 Å². The second-order valence-corrected chi connectivity index (χ2v) is 1.64. The Morgan fingerprint density at radius 1 is 1.62 bits per heavy atom. The molecule has 52 valence electrons. The molecule has 0 saturated carbocycles. The zero-order valence-electron chi connectivity index (χ0n) is 10.7. The van der Waals surface area contributed by atoms with E-state index in [2.05, 4.69) is 0 Å². The molecule has 0 fully saturated rings. The predicted molar refractivity (Wildman–Crippen MR) is 30.0 cm³/mol. The molecule has 0 aliphatic rings. The van der Waals surface area contributed by atoms with Gasteiger partial charge in [-0.25, -0.2) is 0 Å². The Hall–Kier alpha value is 0.210. The van der Waals surface area contributed by atoms with E-state index >= 15 is 0 Å². The van der Waals surface area contributed by atoms with Gasteiger partial charge in [-0.05, 0) is 0 Å². The molecule has 2 nitrogen and oxygen atoms in total. The van der Waals surface area contributed by atoms with Gasteiger partial charge in [0, 0.05) is 0 Å². The van der Waals surface area contributed by atoms with Crippen molar-refractivity contribution in [3.05, 3.63) is 0 Å². The minimum Gasteiger partial charge on any atom is -1.00 e. The molecule has 0 aromatic rings. The number of likely N-dealkylation sites (N-methyl/N-ethyl adjacent to an activating group) is 1. The normalized spacial score (nSPS) is 24.8. The van der Waals surface area contributed by atoms with Crippen LogP contribution in [0.2, 0.25) is 0 Å². The fourth-order valence-corrected chi connectivity index (χ4v) is 0.200. The topological polar surface area (TPSA) is 20.2 Å². The highest BCUT2D eigenvalue weighted by Gasteiger charge is 2.02. The number of hydrogen-bond donors (Lipinski definition) is 1. The fraction of sp³-hybridized carbons (Fsp3) is 1.00. The fourth-order valence-electron chi connectivity index (χ4n) is 0.200. The minimum absolute atomic E-state index is 0. The van der Waals surface area contributed by atoms with Crippen molar-refractivity contribution in [1.29, 1.82) is 0 Å². The number of nitrogens with zero attached hydrogens (tertiary/aromatic N) is 1. The van der Waals surface area contributed by atoms with Gasteiger partial charge in [-0.3, -0.25) is 0 Å². The third-order valence-electron chi connectivity index (χ3n) is 0.547. The van der Waals surface area contributed by atoms with Crippen molar-refractivity contribution in [2.45, 2.75) is 0 Å². The van der Waals surface area contributed by atoms with Crippen LogP contribution in [0.5, 0.6) is 0 Å². The van der Waals surface area contributed by atoms with Crippen molar-refractivity contribution >= 4 is 0 Å². The highest BCUT2D eigenvalue weighted by Crippen LogP contribution is 1.84. The first-order valence-corrected chi connectivity index (χ1v) is 2.03. The molecule has 0 aliphatic heterocycles. The molecular formula is C5H14ClNO. The molecule has 0 aromatic heterocycles. The zero-order valence-corrected chi connectivity index (χ0v) is 5.44. The maximum atomic E-state index is 8.61. The number of aliphatic hydroxyl groups is 1. The second-order valence-electron chi connectivity index (χ2n) is 1.64. The van der Waals surface area contributed by atoms with E-state index in [4.69, 9.17) is 13.3 Å². The van der Waals surface area contributed by atoms with E-state index in [9.17, 15) is 0 Å². The van der Waals surface area contributed by atoms with Crippen LogP contribution in [0.1, 0.15) is 8.22 Å². The largest absolute Gasteiger partial charge is 1.00 e. The van der Waals surface area contributed by atoms with Crippen LogP contribution in [0, 0.1) is 0 Å². The molecule has 0 atom stereocenters. The highest BCUT2D eigenvalue weighted by molar-refractivity contribution is 4.19. The van der Waals surface area contributed by atoms with Gasteiger partial charge in [0.05, 0.1) is 35.8 Å². The number of halogens is 1. The molecule has 0 amide bonds. The molecule has 0 rings (SSSR count). The average Bonchev–Trinajstić information content (AvgIpc) is 1.82. The molecule has 0 aromatic carbocycles. The van der Waals surface area contributed by atoms with Crippen LogP contribution in [0.25, 0.3) is 0 Å². The molecule has 8 heavy (non-hydrogen) atoms. The summed E-state index contributed by atoms with van der Waals surface area (Å²) in [6.45, 7) is -6.07. The summed E-state index contributed by atoms with van der Waals surface area (Å²) in [4.78, 5) is 0. The second kappa shape index (κ2) is 4.13. The van der Waals surface area contributed by atoms with E-state index in [1.807, 2.05) is 0 Å². The molecule has 1 N–H and O–H groups in total. The van der Waals surface area contributed by atoms with Gasteiger partial charge in [0.1, 0.15) is 6.54 Å². The quantitative estimate of drug-likeness (QED) is 0.404. The molecule has 0 saturated heterocycles. The lowest BCUT2D eigenvalue weighted by Crippen LogP contribution is -3.00. The Kier molecular flexibility index (Phi) is 1.48. The third kappa shape index (κ3) is 9.51. The van der Waals surface area contributed by atoms with Crippen LogP contribution in [-0.2, 0) is 0 Å². The summed E-state index contributed by atoms with van der Waals surface area (Å²) in [5.74, 6) is 0. The van der Waals surface area contributed by atoms with Gasteiger partial charge in [-0.15, -0.1) is 0 Å². The van der Waals surface area contributed by atoms with Crippen LogP contribution < -0.4 is 12.4 Å². The molecule has 0 unspecified atom stereocenters. The Labute approximate surface area is 65.5 Å². The Morgan fingerprint density at radius 2 is 2.12 bits per heavy atom. The van der Waals surface area contributed by atoms with Crippen molar-refractivity contribution in [1.82, 2.24) is 0 Å². The molecule has 0 aliphatic carbocycles. The van der Waals surface area contributed by atoms with Crippen LogP contribution in [0.15, 0.2) is 0 Å². The van der Waals surface area contributed by atoms with E-state index in [1.165, 1.54) is 0 Å². The van der Waals surface area contributed by atoms with Gasteiger partial charge < -0.3 is 22.0 Å². The van der Waals surface area contributed by atoms with Gasteiger partial charge in [0.25, 0.3) is 0 Å². The number of aliphatic hydroxyl groups excluding tert-OH is 1. The van der Waals surface area contributed by atoms with Crippen LogP contribution >= 0.6 is 0 Å². The highest BCUT2D eigenvalue weighted by atomic mass is 35.5. The van der Waals surface area contributed by atoms with Gasteiger partial charge >= 0.3 is 0 Å². The summed E-state index contributed by atoms with van der Waals surface area (Å²) in [6, 6.07) is 0. The Morgan fingerprint density at radius 3 is 2.25 bits per heavy atom. The van der Waals surface area contributed by atoms with Crippen molar-refractivity contribution < 1.29 is 30.2 Å². The summed E-state index contributed by atoms with van der Waals surface area (Å²) in [7, 11) is 1.09. The monoisotopic (exact) mass is 145 g/mol. The summed E-state index contributed by atoms with van der Waals surface area (Å²) in [6.07, 6.45) is 0. The summed E-state index contributed by atoms with van der Waals surface area (Å²) in [5.41, 5.74) is 0. The SMILES string of the molecule is [2H]C([2H])([2H])[N+](C)(CCO)C([2H])([2H])[2H].[Cl-]. The lowest BCUT2D eigenvalue weighted by atomic mass is 10.5. The first-order valence-electron chi connectivity index (χ1n) is 5.03. The van der Waals surface area contributed by atoms with Gasteiger partial charge in [0.2, 0.25) is 0 Å². The lowest BCUT2D eigenvalue weighted by Gasteiger charge is -2.21. The summed E-state index contributed by atoms with van der Waals surface area (Å²) < 4.78 is 41.4. The smallest absolute Gasteiger partial charge is 0.101 e. The average molecular weight is 146 g/mol. The maximum Gasteiger partial charge on any atom is 0.101 e. The van der Waals surface area contributed by atoms with Crippen LogP contribution in [0.3, 0.4) is 0 Å². The van der Waals surface area contributed by atoms with Gasteiger partial charge in [-0.1, -0.05) is 0 Å². The van der Waals surface area contributed by atoms with Crippen molar-refractivity contribution in [2.75, 3.05) is 34.2 Å². The maximum absolute atomic E-state index is 8.61. The number of hydrogen-bond acceptors (Lipinski definition) is 1. The molecule has 0 spiro atoms. The Balaban J connectivity index is 0. The van der Waals surface area contributed by atoms with Gasteiger partial charge in [-0.2, -0.15) is 0 Å². The van der Waals surface area contributed by atoms with Crippen LogP contribution in [-0.4, -0.2) is 43.7 Å². The Bertz CT molecular complexity index is 164. The molecule has 0 heterocycles. The minimum atomic E-state index is -2.64. The van der Waals surface area contributed by atoms with Crippen molar-refractivity contribution in [3.63, 3.8) is 0 Å². The lowest BCUT2D eigenvalue weighted by molar-refractivity contribution is -0.870. The van der Waals surface area contributed by atoms with Crippen molar-refractivity contribution in [2.24, 2.45) is 0 Å². The van der Waals surface area contributed by atoms with E-state index in [0.29, 0.717) is 0 Å². The van der Waals surface area contributed by atoms with E-state index in [-0.39, 0.29) is 19.0 Å². The summed E-state index contributed by atoms with van der Waals surface area (Å²) >= 11 is 0. The molecule has 3 heteroatoms. The molecule has 0 radical (unpaired) electrons. The summed E-state index contributed by atoms with van der Waals surface area (Å²) in [5, 5.41) is 8.61. The first-order chi connectivity index (χ1) is 5.56. The van der Waals surface area contributed by atoms with E-state index in [1.54, 1.807) is 0 Å². The van der Waals surface area contributed by atoms with Gasteiger partial charge in [0.15, 0.2) is 0 Å². The predicted octanol–water partition coefficient (Wildman–Crippen LogP) is -3.31. The standard InChI is InChI=1S/C5H14NO.ClH/c1-6(2,3)4-5-7;/h7H,4-5H2,1-3H3;1H/q+1;/p-1/i1D3,2D3;.